The predicted molar refractivity (Wildman–Crippen MR) is 123 cm³/mol. The molecule has 176 valence electrons. The molecule has 0 aromatic carbocycles. The normalized spacial score (nSPS) is 18.9. The number of pyridine rings is 2. The maximum atomic E-state index is 13.8. The summed E-state index contributed by atoms with van der Waals surface area (Å²) >= 11 is 6.39. The van der Waals surface area contributed by atoms with Crippen LogP contribution in [0.2, 0.25) is 5.02 Å². The van der Waals surface area contributed by atoms with Gasteiger partial charge in [0.25, 0.3) is 0 Å². The van der Waals surface area contributed by atoms with Crippen molar-refractivity contribution >= 4 is 23.2 Å². The standard InChI is InChI=1S/C23H21ClF3N7/c24-18-10-31-22(32-16-5-3-15(28)4-6-16)33-20(18)19-11-30-21-17(13-2-1-7-29-9-13)8-14(12-34(19)21)23(25,26)27/h1-2,7-12,15-16H,3-6,28H2,(H,31,32,33)/t15-,16-. The second-order valence-corrected chi connectivity index (χ2v) is 8.77. The van der Waals surface area contributed by atoms with E-state index in [0.29, 0.717) is 28.4 Å². The monoisotopic (exact) mass is 487 g/mol. The van der Waals surface area contributed by atoms with Crippen LogP contribution in [0.25, 0.3) is 28.2 Å². The number of aromatic nitrogens is 5. The van der Waals surface area contributed by atoms with Gasteiger partial charge in [0.05, 0.1) is 28.7 Å². The minimum Gasteiger partial charge on any atom is -0.351 e. The van der Waals surface area contributed by atoms with E-state index in [2.05, 4.69) is 25.3 Å². The van der Waals surface area contributed by atoms with Gasteiger partial charge in [-0.3, -0.25) is 9.38 Å². The Kier molecular flexibility index (Phi) is 5.86. The molecule has 7 nitrogen and oxygen atoms in total. The summed E-state index contributed by atoms with van der Waals surface area (Å²) in [6.45, 7) is 0. The number of nitrogens with two attached hydrogens (primary N) is 1. The third-order valence-electron chi connectivity index (χ3n) is 6.00. The van der Waals surface area contributed by atoms with Gasteiger partial charge in [-0.15, -0.1) is 0 Å². The number of hydrogen-bond acceptors (Lipinski definition) is 6. The average molecular weight is 488 g/mol. The fraction of sp³-hybridized carbons (Fsp3) is 0.304. The number of fused-ring (bicyclic) bond motifs is 1. The molecular weight excluding hydrogens is 467 g/mol. The SMILES string of the molecule is N[C@H]1CC[C@H](Nc2ncc(Cl)c(-c3cnc4c(-c5cccnc5)cc(C(F)(F)F)cn34)n2)CC1. The van der Waals surface area contributed by atoms with Crippen molar-refractivity contribution in [1.29, 1.82) is 0 Å². The molecule has 11 heteroatoms. The van der Waals surface area contributed by atoms with Crippen molar-refractivity contribution in [2.24, 2.45) is 5.73 Å². The van der Waals surface area contributed by atoms with Gasteiger partial charge in [0.1, 0.15) is 11.3 Å². The predicted octanol–water partition coefficient (Wildman–Crippen LogP) is 5.21. The Morgan fingerprint density at radius 3 is 2.59 bits per heavy atom. The van der Waals surface area contributed by atoms with E-state index in [9.17, 15) is 13.2 Å². The summed E-state index contributed by atoms with van der Waals surface area (Å²) in [6.07, 6.45) is 6.00. The van der Waals surface area contributed by atoms with Crippen molar-refractivity contribution in [3.8, 4) is 22.5 Å². The molecule has 0 spiro atoms. The minimum atomic E-state index is -4.56. The molecule has 0 atom stereocenters. The topological polar surface area (TPSA) is 94.0 Å². The summed E-state index contributed by atoms with van der Waals surface area (Å²) in [5.41, 5.74) is 6.93. The zero-order valence-electron chi connectivity index (χ0n) is 17.9. The average Bonchev–Trinajstić information content (AvgIpc) is 3.25. The van der Waals surface area contributed by atoms with Crippen LogP contribution in [0.4, 0.5) is 19.1 Å². The summed E-state index contributed by atoms with van der Waals surface area (Å²) in [5.74, 6) is 0.356. The first-order valence-electron chi connectivity index (χ1n) is 10.8. The molecule has 1 aliphatic rings. The van der Waals surface area contributed by atoms with Gasteiger partial charge in [-0.1, -0.05) is 17.7 Å². The van der Waals surface area contributed by atoms with Crippen LogP contribution in [0.5, 0.6) is 0 Å². The Hall–Kier alpha value is -3.24. The van der Waals surface area contributed by atoms with Gasteiger partial charge in [-0.05, 0) is 37.8 Å². The van der Waals surface area contributed by atoms with Crippen LogP contribution in [0.3, 0.4) is 0 Å². The number of nitrogens with zero attached hydrogens (tertiary/aromatic N) is 5. The molecule has 0 saturated heterocycles. The van der Waals surface area contributed by atoms with Crippen molar-refractivity contribution in [3.63, 3.8) is 0 Å². The molecule has 4 aromatic heterocycles. The first-order valence-corrected chi connectivity index (χ1v) is 11.2. The van der Waals surface area contributed by atoms with Gasteiger partial charge in [0, 0.05) is 41.8 Å². The molecule has 4 aromatic rings. The number of anilines is 1. The van der Waals surface area contributed by atoms with E-state index in [0.717, 1.165) is 37.9 Å². The van der Waals surface area contributed by atoms with E-state index in [1.54, 1.807) is 18.3 Å². The maximum absolute atomic E-state index is 13.8. The Bertz CT molecular complexity index is 1320. The summed E-state index contributed by atoms with van der Waals surface area (Å²) in [4.78, 5) is 17.2. The lowest BCUT2D eigenvalue weighted by atomic mass is 9.92. The highest BCUT2D eigenvalue weighted by Gasteiger charge is 2.33. The van der Waals surface area contributed by atoms with Gasteiger partial charge in [0.15, 0.2) is 0 Å². The molecule has 1 saturated carbocycles. The zero-order valence-corrected chi connectivity index (χ0v) is 18.7. The Balaban J connectivity index is 1.60. The van der Waals surface area contributed by atoms with E-state index in [1.165, 1.54) is 23.0 Å². The minimum absolute atomic E-state index is 0.171. The van der Waals surface area contributed by atoms with Gasteiger partial charge < -0.3 is 11.1 Å². The van der Waals surface area contributed by atoms with Crippen molar-refractivity contribution < 1.29 is 13.2 Å². The number of hydrogen-bond donors (Lipinski definition) is 2. The third-order valence-corrected chi connectivity index (χ3v) is 6.27. The maximum Gasteiger partial charge on any atom is 0.417 e. The molecule has 0 bridgehead atoms. The van der Waals surface area contributed by atoms with Crippen LogP contribution in [-0.2, 0) is 6.18 Å². The Morgan fingerprint density at radius 1 is 1.09 bits per heavy atom. The highest BCUT2D eigenvalue weighted by Crippen LogP contribution is 2.36. The fourth-order valence-corrected chi connectivity index (χ4v) is 4.40. The molecule has 0 amide bonds. The summed E-state index contributed by atoms with van der Waals surface area (Å²) in [6, 6.07) is 4.80. The number of rotatable bonds is 4. The van der Waals surface area contributed by atoms with Crippen molar-refractivity contribution in [2.75, 3.05) is 5.32 Å². The molecule has 4 heterocycles. The Morgan fingerprint density at radius 2 is 1.88 bits per heavy atom. The molecule has 1 fully saturated rings. The second kappa shape index (κ2) is 8.84. The molecule has 5 rings (SSSR count). The number of imidazole rings is 1. The molecular formula is C23H21ClF3N7. The number of alkyl halides is 3. The van der Waals surface area contributed by atoms with E-state index < -0.39 is 11.7 Å². The zero-order chi connectivity index (χ0) is 23.9. The summed E-state index contributed by atoms with van der Waals surface area (Å²) in [5, 5.41) is 3.50. The lowest BCUT2D eigenvalue weighted by Gasteiger charge is -2.26. The van der Waals surface area contributed by atoms with Gasteiger partial charge in [-0.2, -0.15) is 13.2 Å². The van der Waals surface area contributed by atoms with Gasteiger partial charge >= 0.3 is 6.18 Å². The highest BCUT2D eigenvalue weighted by atomic mass is 35.5. The smallest absolute Gasteiger partial charge is 0.351 e. The van der Waals surface area contributed by atoms with Crippen LogP contribution in [0, 0.1) is 0 Å². The second-order valence-electron chi connectivity index (χ2n) is 8.37. The van der Waals surface area contributed by atoms with Crippen molar-refractivity contribution in [2.45, 2.75) is 43.9 Å². The molecule has 3 N–H and O–H groups in total. The third kappa shape index (κ3) is 4.43. The number of halogens is 4. The van der Waals surface area contributed by atoms with Crippen LogP contribution in [0.1, 0.15) is 31.2 Å². The first-order chi connectivity index (χ1) is 16.3. The van der Waals surface area contributed by atoms with E-state index in [-0.39, 0.29) is 22.8 Å². The Labute approximate surface area is 198 Å². The first kappa shape index (κ1) is 22.5. The molecule has 0 aliphatic heterocycles. The van der Waals surface area contributed by atoms with Crippen LogP contribution >= 0.6 is 11.6 Å². The van der Waals surface area contributed by atoms with Crippen molar-refractivity contribution in [1.82, 2.24) is 24.3 Å². The van der Waals surface area contributed by atoms with Gasteiger partial charge in [0.2, 0.25) is 5.95 Å². The lowest BCUT2D eigenvalue weighted by Crippen LogP contribution is -2.33. The molecule has 1 aliphatic carbocycles. The summed E-state index contributed by atoms with van der Waals surface area (Å²) < 4.78 is 42.7. The quantitative estimate of drug-likeness (QED) is 0.410. The van der Waals surface area contributed by atoms with E-state index in [4.69, 9.17) is 17.3 Å². The molecule has 0 unspecified atom stereocenters. The lowest BCUT2D eigenvalue weighted by molar-refractivity contribution is -0.137. The van der Waals surface area contributed by atoms with Gasteiger partial charge in [-0.25, -0.2) is 15.0 Å². The van der Waals surface area contributed by atoms with E-state index in [1.807, 2.05) is 0 Å². The largest absolute Gasteiger partial charge is 0.417 e. The van der Waals surface area contributed by atoms with Crippen LogP contribution in [-0.4, -0.2) is 36.4 Å². The number of nitrogens with one attached hydrogen (secondary N) is 1. The van der Waals surface area contributed by atoms with E-state index >= 15 is 0 Å². The highest BCUT2D eigenvalue weighted by molar-refractivity contribution is 6.32. The van der Waals surface area contributed by atoms with Crippen molar-refractivity contribution in [3.05, 3.63) is 59.8 Å². The molecule has 34 heavy (non-hydrogen) atoms. The molecule has 0 radical (unpaired) electrons. The van der Waals surface area contributed by atoms with Crippen LogP contribution < -0.4 is 11.1 Å². The summed E-state index contributed by atoms with van der Waals surface area (Å²) in [7, 11) is 0. The fourth-order valence-electron chi connectivity index (χ4n) is 4.21. The van der Waals surface area contributed by atoms with Crippen LogP contribution in [0.15, 0.2) is 49.2 Å².